The highest BCUT2D eigenvalue weighted by Crippen LogP contribution is 2.33. The minimum absolute atomic E-state index is 0.0497. The van der Waals surface area contributed by atoms with Crippen LogP contribution in [0, 0.1) is 5.92 Å². The van der Waals surface area contributed by atoms with E-state index in [0.717, 1.165) is 24.9 Å². The molecule has 0 radical (unpaired) electrons. The first-order valence-electron chi connectivity index (χ1n) is 11.2. The molecule has 3 rings (SSSR count). The predicted octanol–water partition coefficient (Wildman–Crippen LogP) is 3.40. The van der Waals surface area contributed by atoms with Gasteiger partial charge < -0.3 is 21.3 Å². The molecular weight excluding hydrogens is 440 g/mol. The molecule has 7 nitrogen and oxygen atoms in total. The number of primary amides is 1. The Morgan fingerprint density at radius 1 is 1.15 bits per heavy atom. The number of carbonyl (C=O) groups is 3. The molecule has 0 bridgehead atoms. The third kappa shape index (κ3) is 6.55. The Balaban J connectivity index is 1.70. The van der Waals surface area contributed by atoms with Gasteiger partial charge in [-0.05, 0) is 49.4 Å². The zero-order valence-electron chi connectivity index (χ0n) is 19.0. The molecule has 1 heterocycles. The number of nitrogens with two attached hydrogens (primary N) is 1. The van der Waals surface area contributed by atoms with Crippen LogP contribution in [0.4, 0.5) is 5.69 Å². The highest BCUT2D eigenvalue weighted by molar-refractivity contribution is 6.30. The van der Waals surface area contributed by atoms with Crippen molar-refractivity contribution in [1.29, 1.82) is 0 Å². The predicted molar refractivity (Wildman–Crippen MR) is 130 cm³/mol. The van der Waals surface area contributed by atoms with Crippen LogP contribution in [0.25, 0.3) is 0 Å². The van der Waals surface area contributed by atoms with Crippen LogP contribution in [0.3, 0.4) is 0 Å². The lowest BCUT2D eigenvalue weighted by atomic mass is 9.88. The van der Waals surface area contributed by atoms with Crippen LogP contribution >= 0.6 is 11.6 Å². The van der Waals surface area contributed by atoms with Crippen molar-refractivity contribution in [3.63, 3.8) is 0 Å². The molecule has 0 aromatic heterocycles. The number of hydrogen-bond acceptors (Lipinski definition) is 4. The highest BCUT2D eigenvalue weighted by Gasteiger charge is 2.37. The number of likely N-dealkylation sites (N-methyl/N-ethyl adjacent to an activating group) is 1. The van der Waals surface area contributed by atoms with Crippen LogP contribution in [0.5, 0.6) is 0 Å². The molecule has 1 aliphatic heterocycles. The third-order valence-corrected chi connectivity index (χ3v) is 6.28. The molecule has 176 valence electrons. The lowest BCUT2D eigenvalue weighted by Crippen LogP contribution is -2.44. The number of amides is 3. The molecule has 2 aromatic carbocycles. The van der Waals surface area contributed by atoms with Gasteiger partial charge in [-0.1, -0.05) is 49.6 Å². The summed E-state index contributed by atoms with van der Waals surface area (Å²) in [6, 6.07) is 13.6. The number of unbranched alkanes of at least 4 members (excludes halogenated alkanes) is 1. The first-order chi connectivity index (χ1) is 15.8. The Morgan fingerprint density at radius 3 is 2.55 bits per heavy atom. The summed E-state index contributed by atoms with van der Waals surface area (Å²) in [6.07, 6.45) is 2.18. The average molecular weight is 471 g/mol. The summed E-state index contributed by atoms with van der Waals surface area (Å²) >= 11 is 6.02. The summed E-state index contributed by atoms with van der Waals surface area (Å²) in [7, 11) is 1.99. The van der Waals surface area contributed by atoms with E-state index in [2.05, 4.69) is 15.5 Å². The zero-order valence-corrected chi connectivity index (χ0v) is 19.8. The Labute approximate surface area is 199 Å². The van der Waals surface area contributed by atoms with Gasteiger partial charge in [0.05, 0.1) is 5.92 Å². The molecular formula is C25H31ClN4O3. The average Bonchev–Trinajstić information content (AvgIpc) is 3.18. The second-order valence-corrected chi connectivity index (χ2v) is 9.06. The quantitative estimate of drug-likeness (QED) is 0.522. The third-order valence-electron chi connectivity index (χ3n) is 6.02. The maximum atomic E-state index is 13.2. The van der Waals surface area contributed by atoms with Gasteiger partial charge in [-0.2, -0.15) is 0 Å². The molecule has 4 N–H and O–H groups in total. The number of benzene rings is 2. The number of halogens is 1. The molecule has 0 spiro atoms. The van der Waals surface area contributed by atoms with Crippen molar-refractivity contribution in [1.82, 2.24) is 10.2 Å². The van der Waals surface area contributed by atoms with Gasteiger partial charge in [0.15, 0.2) is 0 Å². The fourth-order valence-electron chi connectivity index (χ4n) is 4.22. The summed E-state index contributed by atoms with van der Waals surface area (Å²) in [5, 5.41) is 6.32. The van der Waals surface area contributed by atoms with Crippen LogP contribution in [0.1, 0.15) is 48.0 Å². The number of likely N-dealkylation sites (tertiary alicyclic amines) is 1. The largest absolute Gasteiger partial charge is 0.368 e. The lowest BCUT2D eigenvalue weighted by molar-refractivity contribution is -0.120. The van der Waals surface area contributed by atoms with Crippen LogP contribution in [0.15, 0.2) is 48.5 Å². The van der Waals surface area contributed by atoms with E-state index in [9.17, 15) is 14.4 Å². The van der Waals surface area contributed by atoms with Crippen LogP contribution in [-0.2, 0) is 9.59 Å². The molecule has 3 amide bonds. The number of nitrogens with one attached hydrogen (secondary N) is 2. The van der Waals surface area contributed by atoms with Crippen molar-refractivity contribution in [3.05, 3.63) is 64.7 Å². The molecule has 33 heavy (non-hydrogen) atoms. The van der Waals surface area contributed by atoms with Gasteiger partial charge in [0.1, 0.15) is 6.04 Å². The Bertz CT molecular complexity index is 995. The first-order valence-corrected chi connectivity index (χ1v) is 11.6. The SMILES string of the molecule is CCCC[C@H](NC(=O)c1cccc(NC(=O)[C@H]2CN(C)C[C@@H]2c2ccc(Cl)cc2)c1)C(N)=O. The van der Waals surface area contributed by atoms with Gasteiger partial charge in [-0.25, -0.2) is 0 Å². The van der Waals surface area contributed by atoms with Crippen molar-refractivity contribution in [2.45, 2.75) is 38.1 Å². The summed E-state index contributed by atoms with van der Waals surface area (Å²) in [4.78, 5) is 39.6. The number of anilines is 1. The second kappa shape index (κ2) is 11.3. The van der Waals surface area contributed by atoms with Gasteiger partial charge in [-0.3, -0.25) is 14.4 Å². The Hall–Kier alpha value is -2.90. The summed E-state index contributed by atoms with van der Waals surface area (Å²) < 4.78 is 0. The van der Waals surface area contributed by atoms with E-state index < -0.39 is 17.9 Å². The molecule has 8 heteroatoms. The summed E-state index contributed by atoms with van der Waals surface area (Å²) in [5.74, 6) is -1.24. The Kier molecular flexibility index (Phi) is 8.47. The van der Waals surface area contributed by atoms with E-state index in [1.165, 1.54) is 0 Å². The second-order valence-electron chi connectivity index (χ2n) is 8.63. The maximum absolute atomic E-state index is 13.2. The number of rotatable bonds is 9. The van der Waals surface area contributed by atoms with Gasteiger partial charge in [0.25, 0.3) is 5.91 Å². The Morgan fingerprint density at radius 2 is 1.88 bits per heavy atom. The topological polar surface area (TPSA) is 105 Å². The van der Waals surface area contributed by atoms with E-state index >= 15 is 0 Å². The summed E-state index contributed by atoms with van der Waals surface area (Å²) in [5.41, 5.74) is 7.38. The molecule has 0 unspecified atom stereocenters. The van der Waals surface area contributed by atoms with Crippen molar-refractivity contribution in [2.75, 3.05) is 25.5 Å². The standard InChI is InChI=1S/C25H31ClN4O3/c1-3-4-8-22(23(27)31)29-24(32)17-6-5-7-19(13-17)28-25(33)21-15-30(2)14-20(21)16-9-11-18(26)12-10-16/h5-7,9-13,20-22H,3-4,8,14-15H2,1-2H3,(H2,27,31)(H,28,33)(H,29,32)/t20-,21+,22+/m1/s1. The fraction of sp³-hybridized carbons (Fsp3) is 0.400. The maximum Gasteiger partial charge on any atom is 0.252 e. The normalized spacial score (nSPS) is 19.1. The van der Waals surface area contributed by atoms with E-state index in [0.29, 0.717) is 29.2 Å². The monoisotopic (exact) mass is 470 g/mol. The van der Waals surface area contributed by atoms with Gasteiger partial charge in [0.2, 0.25) is 11.8 Å². The van der Waals surface area contributed by atoms with Crippen molar-refractivity contribution in [3.8, 4) is 0 Å². The van der Waals surface area contributed by atoms with E-state index in [-0.39, 0.29) is 17.7 Å². The minimum Gasteiger partial charge on any atom is -0.368 e. The number of nitrogens with zero attached hydrogens (tertiary/aromatic N) is 1. The van der Waals surface area contributed by atoms with E-state index in [1.54, 1.807) is 24.3 Å². The van der Waals surface area contributed by atoms with Crippen molar-refractivity contribution < 1.29 is 14.4 Å². The lowest BCUT2D eigenvalue weighted by Gasteiger charge is -2.19. The number of carbonyl (C=O) groups excluding carboxylic acids is 3. The minimum atomic E-state index is -0.718. The molecule has 1 saturated heterocycles. The number of hydrogen-bond donors (Lipinski definition) is 3. The van der Waals surface area contributed by atoms with E-state index in [1.807, 2.05) is 38.2 Å². The van der Waals surface area contributed by atoms with Crippen LogP contribution < -0.4 is 16.4 Å². The first kappa shape index (κ1) is 24.7. The van der Waals surface area contributed by atoms with Crippen molar-refractivity contribution in [2.24, 2.45) is 11.7 Å². The zero-order chi connectivity index (χ0) is 24.0. The molecule has 1 aliphatic rings. The molecule has 0 saturated carbocycles. The van der Waals surface area contributed by atoms with Gasteiger partial charge in [-0.15, -0.1) is 0 Å². The summed E-state index contributed by atoms with van der Waals surface area (Å²) in [6.45, 7) is 3.41. The van der Waals surface area contributed by atoms with Crippen LogP contribution in [-0.4, -0.2) is 48.8 Å². The highest BCUT2D eigenvalue weighted by atomic mass is 35.5. The molecule has 0 aliphatic carbocycles. The van der Waals surface area contributed by atoms with Gasteiger partial charge >= 0.3 is 0 Å². The van der Waals surface area contributed by atoms with Crippen LogP contribution in [0.2, 0.25) is 5.02 Å². The fourth-order valence-corrected chi connectivity index (χ4v) is 4.35. The van der Waals surface area contributed by atoms with E-state index in [4.69, 9.17) is 17.3 Å². The smallest absolute Gasteiger partial charge is 0.252 e. The van der Waals surface area contributed by atoms with Gasteiger partial charge in [0, 0.05) is 35.3 Å². The van der Waals surface area contributed by atoms with Crippen molar-refractivity contribution >= 4 is 35.0 Å². The molecule has 3 atom stereocenters. The molecule has 1 fully saturated rings. The molecule has 2 aromatic rings.